The van der Waals surface area contributed by atoms with E-state index in [0.29, 0.717) is 0 Å². The maximum absolute atomic E-state index is 12.2. The molecule has 0 spiro atoms. The van der Waals surface area contributed by atoms with Crippen LogP contribution in [0.3, 0.4) is 0 Å². The van der Waals surface area contributed by atoms with Crippen LogP contribution in [-0.4, -0.2) is 52.7 Å². The number of carbonyl (C=O) groups excluding carboxylic acids is 1. The minimum absolute atomic E-state index is 0.304. The molecule has 24 heavy (non-hydrogen) atoms. The lowest BCUT2D eigenvalue weighted by Crippen LogP contribution is -2.28. The normalized spacial score (nSPS) is 13.4. The molecule has 2 atom stereocenters. The summed E-state index contributed by atoms with van der Waals surface area (Å²) in [6, 6.07) is 3.13. The highest BCUT2D eigenvalue weighted by Gasteiger charge is 2.31. The first-order valence-corrected chi connectivity index (χ1v) is 6.53. The number of benzene rings is 2. The molecule has 0 heterocycles. The van der Waals surface area contributed by atoms with Crippen molar-refractivity contribution in [1.82, 2.24) is 0 Å². The fraction of sp³-hybridized carbons (Fsp3) is 0.133. The summed E-state index contributed by atoms with van der Waals surface area (Å²) in [6.45, 7) is 0. The first kappa shape index (κ1) is 17.2. The Labute approximate surface area is 134 Å². The van der Waals surface area contributed by atoms with Crippen molar-refractivity contribution >= 4 is 5.78 Å². The van der Waals surface area contributed by atoms with Crippen LogP contribution < -0.4 is 0 Å². The predicted octanol–water partition coefficient (Wildman–Crippen LogP) is 0.197. The lowest BCUT2D eigenvalue weighted by atomic mass is 9.95. The Kier molecular flexibility index (Phi) is 4.40. The molecule has 0 fully saturated rings. The van der Waals surface area contributed by atoms with Crippen LogP contribution in [0.2, 0.25) is 0 Å². The van der Waals surface area contributed by atoms with Gasteiger partial charge in [0.1, 0.15) is 35.0 Å². The van der Waals surface area contributed by atoms with Crippen molar-refractivity contribution in [1.29, 1.82) is 0 Å². The summed E-state index contributed by atoms with van der Waals surface area (Å²) in [4.78, 5) is 12.2. The molecule has 0 unspecified atom stereocenters. The molecule has 0 amide bonds. The van der Waals surface area contributed by atoms with Crippen LogP contribution in [0.4, 0.5) is 0 Å². The van der Waals surface area contributed by atoms with Gasteiger partial charge in [0.05, 0.1) is 0 Å². The number of aliphatic hydroxyl groups is 2. The van der Waals surface area contributed by atoms with E-state index < -0.39 is 58.1 Å². The van der Waals surface area contributed by atoms with Gasteiger partial charge in [-0.3, -0.25) is 4.79 Å². The van der Waals surface area contributed by atoms with Gasteiger partial charge in [0, 0.05) is 12.1 Å². The average molecular weight is 338 g/mol. The Bertz CT molecular complexity index is 754. The molecule has 8 N–H and O–H groups in total. The number of hydrogen-bond acceptors (Lipinski definition) is 9. The van der Waals surface area contributed by atoms with E-state index in [-0.39, 0.29) is 5.56 Å². The molecular formula is C15H14O9. The predicted molar refractivity (Wildman–Crippen MR) is 78.2 cm³/mol. The van der Waals surface area contributed by atoms with Crippen molar-refractivity contribution in [2.45, 2.75) is 12.2 Å². The number of aromatic hydroxyl groups is 6. The van der Waals surface area contributed by atoms with Gasteiger partial charge in [-0.2, -0.15) is 0 Å². The van der Waals surface area contributed by atoms with Gasteiger partial charge >= 0.3 is 0 Å². The number of phenolic OH excluding ortho intramolecular Hbond substituents is 6. The zero-order chi connectivity index (χ0) is 18.2. The molecule has 0 aliphatic rings. The topological polar surface area (TPSA) is 179 Å². The summed E-state index contributed by atoms with van der Waals surface area (Å²) >= 11 is 0. The van der Waals surface area contributed by atoms with Gasteiger partial charge in [0.2, 0.25) is 5.78 Å². The molecule has 2 aromatic carbocycles. The zero-order valence-electron chi connectivity index (χ0n) is 12.0. The molecule has 128 valence electrons. The van der Waals surface area contributed by atoms with E-state index in [4.69, 9.17) is 0 Å². The van der Waals surface area contributed by atoms with Gasteiger partial charge in [-0.1, -0.05) is 0 Å². The molecule has 0 radical (unpaired) electrons. The van der Waals surface area contributed by atoms with Crippen molar-refractivity contribution in [3.63, 3.8) is 0 Å². The van der Waals surface area contributed by atoms with E-state index in [0.717, 1.165) is 24.3 Å². The molecule has 9 nitrogen and oxygen atoms in total. The lowest BCUT2D eigenvalue weighted by molar-refractivity contribution is 0.0198. The standard InChI is InChI=1S/C15H14O9/c16-6-3-7(17)11(8(18)4-6)14(23)15(24)12(21)5-1-9(19)13(22)10(20)2-5/h1-4,12,15-22,24H/t12-,15+/m0/s1. The summed E-state index contributed by atoms with van der Waals surface area (Å²) in [7, 11) is 0. The number of hydrogen-bond donors (Lipinski definition) is 8. The Balaban J connectivity index is 2.38. The van der Waals surface area contributed by atoms with E-state index in [1.165, 1.54) is 0 Å². The molecule has 0 aliphatic carbocycles. The van der Waals surface area contributed by atoms with Gasteiger partial charge in [0.15, 0.2) is 17.2 Å². The number of ketones is 1. The van der Waals surface area contributed by atoms with Crippen molar-refractivity contribution in [3.8, 4) is 34.5 Å². The molecule has 0 saturated carbocycles. The van der Waals surface area contributed by atoms with Crippen LogP contribution in [-0.2, 0) is 0 Å². The first-order valence-electron chi connectivity index (χ1n) is 6.53. The van der Waals surface area contributed by atoms with Crippen LogP contribution in [0, 0.1) is 0 Å². The Morgan fingerprint density at radius 3 is 1.67 bits per heavy atom. The van der Waals surface area contributed by atoms with Crippen molar-refractivity contribution < 1.29 is 45.6 Å². The number of rotatable bonds is 4. The Morgan fingerprint density at radius 1 is 0.750 bits per heavy atom. The zero-order valence-corrected chi connectivity index (χ0v) is 12.0. The smallest absolute Gasteiger partial charge is 0.201 e. The van der Waals surface area contributed by atoms with Gasteiger partial charge < -0.3 is 40.9 Å². The third-order valence-corrected chi connectivity index (χ3v) is 3.33. The van der Waals surface area contributed by atoms with Gasteiger partial charge in [0.25, 0.3) is 0 Å². The van der Waals surface area contributed by atoms with E-state index in [9.17, 15) is 45.6 Å². The van der Waals surface area contributed by atoms with E-state index in [2.05, 4.69) is 0 Å². The largest absolute Gasteiger partial charge is 0.508 e. The monoisotopic (exact) mass is 338 g/mol. The number of aliphatic hydroxyl groups excluding tert-OH is 2. The summed E-state index contributed by atoms with van der Waals surface area (Å²) in [6.07, 6.45) is -4.14. The van der Waals surface area contributed by atoms with Crippen molar-refractivity contribution in [3.05, 3.63) is 35.4 Å². The minimum Gasteiger partial charge on any atom is -0.508 e. The van der Waals surface area contributed by atoms with Gasteiger partial charge in [-0.25, -0.2) is 0 Å². The second kappa shape index (κ2) is 6.14. The first-order chi connectivity index (χ1) is 11.1. The maximum atomic E-state index is 12.2. The summed E-state index contributed by atoms with van der Waals surface area (Å²) in [5.74, 6) is -5.87. The number of Topliss-reactive ketones (excluding diaryl/α,β-unsaturated/α-hetero) is 1. The molecule has 0 aromatic heterocycles. The van der Waals surface area contributed by atoms with E-state index in [1.54, 1.807) is 0 Å². The number of carbonyl (C=O) groups is 1. The van der Waals surface area contributed by atoms with E-state index >= 15 is 0 Å². The highest BCUT2D eigenvalue weighted by molar-refractivity contribution is 6.04. The van der Waals surface area contributed by atoms with Crippen LogP contribution in [0.1, 0.15) is 22.0 Å². The average Bonchev–Trinajstić information content (AvgIpc) is 2.49. The fourth-order valence-electron chi connectivity index (χ4n) is 2.12. The SMILES string of the molecule is O=C(c1c(O)cc(O)cc1O)[C@H](O)[C@@H](O)c1cc(O)c(O)c(O)c1. The third-order valence-electron chi connectivity index (χ3n) is 3.33. The van der Waals surface area contributed by atoms with Crippen LogP contribution in [0.25, 0.3) is 0 Å². The van der Waals surface area contributed by atoms with Crippen LogP contribution in [0.5, 0.6) is 34.5 Å². The number of phenols is 6. The summed E-state index contributed by atoms with van der Waals surface area (Å²) < 4.78 is 0. The molecule has 2 rings (SSSR count). The minimum atomic E-state index is -2.19. The fourth-order valence-corrected chi connectivity index (χ4v) is 2.12. The molecular weight excluding hydrogens is 324 g/mol. The molecule has 0 bridgehead atoms. The molecule has 9 heteroatoms. The lowest BCUT2D eigenvalue weighted by Gasteiger charge is -2.19. The van der Waals surface area contributed by atoms with Gasteiger partial charge in [-0.05, 0) is 17.7 Å². The van der Waals surface area contributed by atoms with Crippen LogP contribution in [0.15, 0.2) is 24.3 Å². The Morgan fingerprint density at radius 2 is 1.21 bits per heavy atom. The molecule has 0 aliphatic heterocycles. The van der Waals surface area contributed by atoms with Crippen molar-refractivity contribution in [2.75, 3.05) is 0 Å². The second-order valence-corrected chi connectivity index (χ2v) is 5.02. The summed E-state index contributed by atoms with van der Waals surface area (Å²) in [5, 5.41) is 76.4. The highest BCUT2D eigenvalue weighted by Crippen LogP contribution is 2.39. The van der Waals surface area contributed by atoms with Crippen molar-refractivity contribution in [2.24, 2.45) is 0 Å². The third kappa shape index (κ3) is 2.98. The highest BCUT2D eigenvalue weighted by atomic mass is 16.3. The summed E-state index contributed by atoms with van der Waals surface area (Å²) in [5.41, 5.74) is -1.03. The molecule has 0 saturated heterocycles. The Hall–Kier alpha value is -3.17. The maximum Gasteiger partial charge on any atom is 0.201 e. The van der Waals surface area contributed by atoms with Crippen LogP contribution >= 0.6 is 0 Å². The quantitative estimate of drug-likeness (QED) is 0.285. The second-order valence-electron chi connectivity index (χ2n) is 5.02. The van der Waals surface area contributed by atoms with Gasteiger partial charge in [-0.15, -0.1) is 0 Å². The van der Waals surface area contributed by atoms with E-state index in [1.807, 2.05) is 0 Å². The molecule has 2 aromatic rings.